The van der Waals surface area contributed by atoms with E-state index in [0.717, 1.165) is 22.7 Å². The lowest BCUT2D eigenvalue weighted by Crippen LogP contribution is -2.30. The standard InChI is InChI=1S/C20H20N4O3/c1-14-8-17(22-23(14)2)12-24(20(25)16-4-3-7-21-10-16)11-15-5-6-18-19(9-15)27-13-26-18/h3-10H,11-13H2,1-2H3. The number of amides is 1. The Labute approximate surface area is 157 Å². The third-order valence-corrected chi connectivity index (χ3v) is 4.52. The zero-order valence-electron chi connectivity index (χ0n) is 15.3. The van der Waals surface area contributed by atoms with Gasteiger partial charge in [-0.25, -0.2) is 0 Å². The molecular weight excluding hydrogens is 344 g/mol. The van der Waals surface area contributed by atoms with Crippen LogP contribution in [0.3, 0.4) is 0 Å². The summed E-state index contributed by atoms with van der Waals surface area (Å²) in [6.45, 7) is 3.05. The molecule has 0 saturated heterocycles. The van der Waals surface area contributed by atoms with Gasteiger partial charge in [0.25, 0.3) is 5.91 Å². The van der Waals surface area contributed by atoms with Gasteiger partial charge in [-0.15, -0.1) is 0 Å². The maximum Gasteiger partial charge on any atom is 0.256 e. The Morgan fingerprint density at radius 2 is 2.04 bits per heavy atom. The molecular formula is C20H20N4O3. The third kappa shape index (κ3) is 3.62. The molecule has 0 N–H and O–H groups in total. The highest BCUT2D eigenvalue weighted by molar-refractivity contribution is 5.93. The predicted octanol–water partition coefficient (Wildman–Crippen LogP) is 2.69. The van der Waals surface area contributed by atoms with Crippen LogP contribution in [0, 0.1) is 6.92 Å². The van der Waals surface area contributed by atoms with Crippen molar-refractivity contribution in [1.29, 1.82) is 0 Å². The number of rotatable bonds is 5. The van der Waals surface area contributed by atoms with Gasteiger partial charge in [-0.05, 0) is 42.8 Å². The molecule has 1 aromatic carbocycles. The van der Waals surface area contributed by atoms with Gasteiger partial charge < -0.3 is 14.4 Å². The molecule has 3 heterocycles. The van der Waals surface area contributed by atoms with Crippen molar-refractivity contribution in [2.45, 2.75) is 20.0 Å². The van der Waals surface area contributed by atoms with Gasteiger partial charge in [0.2, 0.25) is 6.79 Å². The van der Waals surface area contributed by atoms with E-state index in [1.54, 1.807) is 29.4 Å². The molecule has 1 amide bonds. The highest BCUT2D eigenvalue weighted by atomic mass is 16.7. The first kappa shape index (κ1) is 17.1. The number of aromatic nitrogens is 3. The van der Waals surface area contributed by atoms with Crippen LogP contribution < -0.4 is 9.47 Å². The Kier molecular flexibility index (Phi) is 4.50. The van der Waals surface area contributed by atoms with Gasteiger partial charge >= 0.3 is 0 Å². The average Bonchev–Trinajstić information content (AvgIpc) is 3.27. The molecule has 0 bridgehead atoms. The van der Waals surface area contributed by atoms with E-state index in [0.29, 0.717) is 24.4 Å². The first-order chi connectivity index (χ1) is 13.1. The third-order valence-electron chi connectivity index (χ3n) is 4.52. The smallest absolute Gasteiger partial charge is 0.256 e. The van der Waals surface area contributed by atoms with Crippen LogP contribution in [-0.4, -0.2) is 32.4 Å². The first-order valence-electron chi connectivity index (χ1n) is 8.67. The lowest BCUT2D eigenvalue weighted by atomic mass is 10.1. The Morgan fingerprint density at radius 3 is 2.78 bits per heavy atom. The molecule has 0 saturated carbocycles. The van der Waals surface area contributed by atoms with Gasteiger partial charge in [0.05, 0.1) is 17.8 Å². The first-order valence-corrected chi connectivity index (χ1v) is 8.67. The highest BCUT2D eigenvalue weighted by Gasteiger charge is 2.20. The van der Waals surface area contributed by atoms with Gasteiger partial charge in [-0.1, -0.05) is 6.07 Å². The number of carbonyl (C=O) groups excluding carboxylic acids is 1. The second-order valence-corrected chi connectivity index (χ2v) is 6.49. The minimum Gasteiger partial charge on any atom is -0.454 e. The van der Waals surface area contributed by atoms with Crippen molar-refractivity contribution >= 4 is 5.91 Å². The van der Waals surface area contributed by atoms with E-state index in [1.165, 1.54) is 0 Å². The van der Waals surface area contributed by atoms with E-state index in [9.17, 15) is 4.79 Å². The van der Waals surface area contributed by atoms with Gasteiger partial charge in [-0.3, -0.25) is 14.5 Å². The monoisotopic (exact) mass is 364 g/mol. The van der Waals surface area contributed by atoms with Gasteiger partial charge in [0.15, 0.2) is 11.5 Å². The van der Waals surface area contributed by atoms with Gasteiger partial charge in [-0.2, -0.15) is 5.10 Å². The van der Waals surface area contributed by atoms with Crippen molar-refractivity contribution < 1.29 is 14.3 Å². The minimum absolute atomic E-state index is 0.0935. The van der Waals surface area contributed by atoms with Crippen LogP contribution in [0.15, 0.2) is 48.8 Å². The van der Waals surface area contributed by atoms with Crippen molar-refractivity contribution in [2.24, 2.45) is 7.05 Å². The van der Waals surface area contributed by atoms with E-state index in [1.807, 2.05) is 42.9 Å². The number of hydrogen-bond donors (Lipinski definition) is 0. The summed E-state index contributed by atoms with van der Waals surface area (Å²) >= 11 is 0. The molecule has 0 unspecified atom stereocenters. The summed E-state index contributed by atoms with van der Waals surface area (Å²) in [6.07, 6.45) is 3.24. The van der Waals surface area contributed by atoms with E-state index in [2.05, 4.69) is 10.1 Å². The van der Waals surface area contributed by atoms with Crippen molar-refractivity contribution in [3.63, 3.8) is 0 Å². The maximum absolute atomic E-state index is 13.1. The quantitative estimate of drug-likeness (QED) is 0.696. The van der Waals surface area contributed by atoms with Crippen LogP contribution >= 0.6 is 0 Å². The van der Waals surface area contributed by atoms with Crippen LogP contribution in [0.1, 0.15) is 27.3 Å². The zero-order valence-corrected chi connectivity index (χ0v) is 15.3. The number of benzene rings is 1. The number of nitrogens with zero attached hydrogens (tertiary/aromatic N) is 4. The molecule has 4 rings (SSSR count). The molecule has 0 radical (unpaired) electrons. The Hall–Kier alpha value is -3.35. The SMILES string of the molecule is Cc1cc(CN(Cc2ccc3c(c2)OCO3)C(=O)c2cccnc2)nn1C. The molecule has 3 aromatic rings. The number of fused-ring (bicyclic) bond motifs is 1. The number of pyridine rings is 1. The van der Waals surface area contributed by atoms with Crippen molar-refractivity contribution in [3.8, 4) is 11.5 Å². The van der Waals surface area contributed by atoms with Crippen LogP contribution in [0.25, 0.3) is 0 Å². The van der Waals surface area contributed by atoms with Crippen molar-refractivity contribution in [3.05, 3.63) is 71.3 Å². The molecule has 0 fully saturated rings. The lowest BCUT2D eigenvalue weighted by molar-refractivity contribution is 0.0727. The van der Waals surface area contributed by atoms with E-state index >= 15 is 0 Å². The summed E-state index contributed by atoms with van der Waals surface area (Å²) in [5, 5.41) is 4.49. The second kappa shape index (κ2) is 7.11. The molecule has 0 atom stereocenters. The molecule has 0 aliphatic carbocycles. The lowest BCUT2D eigenvalue weighted by Gasteiger charge is -2.22. The second-order valence-electron chi connectivity index (χ2n) is 6.49. The molecule has 27 heavy (non-hydrogen) atoms. The van der Waals surface area contributed by atoms with E-state index in [-0.39, 0.29) is 12.7 Å². The number of ether oxygens (including phenoxy) is 2. The summed E-state index contributed by atoms with van der Waals surface area (Å²) in [6, 6.07) is 11.2. The zero-order chi connectivity index (χ0) is 18.8. The molecule has 138 valence electrons. The maximum atomic E-state index is 13.1. The molecule has 0 spiro atoms. The fraction of sp³-hybridized carbons (Fsp3) is 0.250. The molecule has 7 nitrogen and oxygen atoms in total. The van der Waals surface area contributed by atoms with Crippen LogP contribution in [0.4, 0.5) is 0 Å². The number of aryl methyl sites for hydroxylation is 2. The number of hydrogen-bond acceptors (Lipinski definition) is 5. The molecule has 1 aliphatic heterocycles. The van der Waals surface area contributed by atoms with Crippen molar-refractivity contribution in [2.75, 3.05) is 6.79 Å². The average molecular weight is 364 g/mol. The normalized spacial score (nSPS) is 12.2. The fourth-order valence-corrected chi connectivity index (χ4v) is 3.04. The summed E-state index contributed by atoms with van der Waals surface area (Å²) in [5.74, 6) is 1.34. The highest BCUT2D eigenvalue weighted by Crippen LogP contribution is 2.33. The number of carbonyl (C=O) groups is 1. The van der Waals surface area contributed by atoms with E-state index < -0.39 is 0 Å². The fourth-order valence-electron chi connectivity index (χ4n) is 3.04. The molecule has 2 aromatic heterocycles. The van der Waals surface area contributed by atoms with Crippen LogP contribution in [0.2, 0.25) is 0 Å². The predicted molar refractivity (Wildman–Crippen MR) is 98.3 cm³/mol. The molecule has 7 heteroatoms. The largest absolute Gasteiger partial charge is 0.454 e. The summed E-state index contributed by atoms with van der Waals surface area (Å²) in [4.78, 5) is 18.9. The Bertz CT molecular complexity index is 949. The summed E-state index contributed by atoms with van der Waals surface area (Å²) in [7, 11) is 1.89. The Morgan fingerprint density at radius 1 is 1.19 bits per heavy atom. The van der Waals surface area contributed by atoms with Crippen molar-refractivity contribution in [1.82, 2.24) is 19.7 Å². The minimum atomic E-state index is -0.0935. The van der Waals surface area contributed by atoms with Crippen LogP contribution in [0.5, 0.6) is 11.5 Å². The van der Waals surface area contributed by atoms with Gasteiger partial charge in [0, 0.05) is 31.7 Å². The van der Waals surface area contributed by atoms with Gasteiger partial charge in [0.1, 0.15) is 0 Å². The summed E-state index contributed by atoms with van der Waals surface area (Å²) < 4.78 is 12.6. The van der Waals surface area contributed by atoms with Crippen LogP contribution in [-0.2, 0) is 20.1 Å². The molecule has 1 aliphatic rings. The van der Waals surface area contributed by atoms with E-state index in [4.69, 9.17) is 9.47 Å². The topological polar surface area (TPSA) is 69.5 Å². The Balaban J connectivity index is 1.61. The summed E-state index contributed by atoms with van der Waals surface area (Å²) in [5.41, 5.74) is 3.39.